The van der Waals surface area contributed by atoms with Gasteiger partial charge >= 0.3 is 0 Å². The summed E-state index contributed by atoms with van der Waals surface area (Å²) in [5, 5.41) is 24.4. The summed E-state index contributed by atoms with van der Waals surface area (Å²) in [5.41, 5.74) is 4.83. The lowest BCUT2D eigenvalue weighted by Crippen LogP contribution is -2.35. The van der Waals surface area contributed by atoms with Gasteiger partial charge in [-0.05, 0) is 31.5 Å². The van der Waals surface area contributed by atoms with Crippen molar-refractivity contribution in [2.24, 2.45) is 7.05 Å². The van der Waals surface area contributed by atoms with Gasteiger partial charge in [-0.2, -0.15) is 5.10 Å². The van der Waals surface area contributed by atoms with E-state index in [1.165, 1.54) is 9.08 Å². The van der Waals surface area contributed by atoms with Gasteiger partial charge in [0.05, 0.1) is 41.2 Å². The van der Waals surface area contributed by atoms with Gasteiger partial charge in [0.25, 0.3) is 5.56 Å². The van der Waals surface area contributed by atoms with Crippen LogP contribution in [0.5, 0.6) is 5.88 Å². The van der Waals surface area contributed by atoms with Crippen LogP contribution in [-0.2, 0) is 24.9 Å². The Balaban J connectivity index is 1.28. The van der Waals surface area contributed by atoms with E-state index < -0.39 is 6.10 Å². The maximum atomic E-state index is 13.2. The van der Waals surface area contributed by atoms with Crippen LogP contribution in [0, 0.1) is 0 Å². The molecule has 14 heteroatoms. The summed E-state index contributed by atoms with van der Waals surface area (Å²) in [6, 6.07) is 13.2. The number of pyridine rings is 2. The summed E-state index contributed by atoms with van der Waals surface area (Å²) in [5.74, 6) is 1.08. The van der Waals surface area contributed by atoms with Crippen molar-refractivity contribution in [2.75, 3.05) is 20.2 Å². The van der Waals surface area contributed by atoms with Gasteiger partial charge in [-0.25, -0.2) is 9.50 Å². The number of nitrogens with zero attached hydrogens (tertiary/aromatic N) is 5. The minimum atomic E-state index is -0.523. The third-order valence-corrected chi connectivity index (χ3v) is 9.10. The first-order valence-electron chi connectivity index (χ1n) is 15.6. The summed E-state index contributed by atoms with van der Waals surface area (Å²) in [4.78, 5) is 34.0. The number of benzene rings is 1. The lowest BCUT2D eigenvalue weighted by atomic mass is 10.00. The van der Waals surface area contributed by atoms with Crippen molar-refractivity contribution >= 4 is 34.6 Å². The molecule has 0 saturated carbocycles. The molecule has 0 aliphatic carbocycles. The van der Waals surface area contributed by atoms with E-state index in [1.807, 2.05) is 30.3 Å². The van der Waals surface area contributed by atoms with Crippen LogP contribution in [0.15, 0.2) is 59.7 Å². The first kappa shape index (κ1) is 33.6. The van der Waals surface area contributed by atoms with E-state index in [1.54, 1.807) is 45.6 Å². The summed E-state index contributed by atoms with van der Waals surface area (Å²) in [6.45, 7) is 3.56. The zero-order valence-corrected chi connectivity index (χ0v) is 28.3. The molecule has 2 atom stereocenters. The average Bonchev–Trinajstić information content (AvgIpc) is 3.69. The quantitative estimate of drug-likeness (QED) is 0.153. The second-order valence-corrected chi connectivity index (χ2v) is 12.6. The molecule has 6 rings (SSSR count). The molecule has 0 spiro atoms. The van der Waals surface area contributed by atoms with Gasteiger partial charge in [0.2, 0.25) is 11.8 Å². The lowest BCUT2D eigenvalue weighted by molar-refractivity contribution is -0.119. The maximum absolute atomic E-state index is 13.2. The van der Waals surface area contributed by atoms with Crippen LogP contribution in [0.2, 0.25) is 10.0 Å². The second-order valence-electron chi connectivity index (χ2n) is 11.8. The molecule has 1 amide bonds. The SMILES string of the molecule is COc1nc(-c2cccc(-c3ccnc(-c4cc5c(=O)n(C)c(CNC[C@H](C)O)nn5c4)c3Cl)c2Cl)ccc1CNC[C@@H]1CCC(=O)N1. The minimum Gasteiger partial charge on any atom is -0.481 e. The van der Waals surface area contributed by atoms with Gasteiger partial charge in [-0.3, -0.25) is 19.1 Å². The number of amides is 1. The van der Waals surface area contributed by atoms with Crippen LogP contribution in [0.25, 0.3) is 39.2 Å². The molecule has 1 aromatic carbocycles. The Kier molecular flexibility index (Phi) is 10.1. The van der Waals surface area contributed by atoms with Gasteiger partial charge < -0.3 is 25.8 Å². The van der Waals surface area contributed by atoms with E-state index in [4.69, 9.17) is 32.9 Å². The Morgan fingerprint density at radius 1 is 1.08 bits per heavy atom. The first-order valence-corrected chi connectivity index (χ1v) is 16.3. The number of hydrogen-bond acceptors (Lipinski definition) is 9. The van der Waals surface area contributed by atoms with Gasteiger partial charge in [-0.1, -0.05) is 47.5 Å². The fourth-order valence-electron chi connectivity index (χ4n) is 5.78. The standard InChI is InChI=1S/C34H36Cl2N8O4/c1-19(45)14-37-17-28-42-44-18-21(13-27(44)34(47)43(28)2)32-31(36)24(11-12-39-32)23-5-4-6-25(30(23)35)26-9-7-20(33(41-26)48-3)15-38-16-22-8-10-29(46)40-22/h4-7,9,11-13,18-19,22,37-38,45H,8,10,14-17H2,1-3H3,(H,40,46)/t19-,22-/m0/s1. The van der Waals surface area contributed by atoms with E-state index in [0.717, 1.165) is 12.0 Å². The van der Waals surface area contributed by atoms with Crippen molar-refractivity contribution in [1.29, 1.82) is 0 Å². The van der Waals surface area contributed by atoms with E-state index >= 15 is 0 Å². The van der Waals surface area contributed by atoms with Crippen molar-refractivity contribution in [2.45, 2.75) is 45.0 Å². The highest BCUT2D eigenvalue weighted by atomic mass is 35.5. The Hall–Kier alpha value is -4.33. The smallest absolute Gasteiger partial charge is 0.277 e. The summed E-state index contributed by atoms with van der Waals surface area (Å²) in [6.07, 6.45) is 4.24. The highest BCUT2D eigenvalue weighted by Crippen LogP contribution is 2.41. The van der Waals surface area contributed by atoms with Crippen molar-refractivity contribution in [3.8, 4) is 39.5 Å². The summed E-state index contributed by atoms with van der Waals surface area (Å²) in [7, 11) is 3.24. The Labute approximate surface area is 287 Å². The largest absolute Gasteiger partial charge is 0.481 e. The van der Waals surface area contributed by atoms with Crippen LogP contribution >= 0.6 is 23.2 Å². The normalized spacial score (nSPS) is 15.2. The van der Waals surface area contributed by atoms with Crippen LogP contribution in [0.4, 0.5) is 0 Å². The number of ether oxygens (including phenoxy) is 1. The van der Waals surface area contributed by atoms with Crippen molar-refractivity contribution < 1.29 is 14.6 Å². The molecule has 0 unspecified atom stereocenters. The Morgan fingerprint density at radius 2 is 1.88 bits per heavy atom. The Morgan fingerprint density at radius 3 is 2.62 bits per heavy atom. The van der Waals surface area contributed by atoms with Gasteiger partial charge in [0, 0.05) is 79.4 Å². The monoisotopic (exact) mass is 690 g/mol. The predicted octanol–water partition coefficient (Wildman–Crippen LogP) is 3.98. The van der Waals surface area contributed by atoms with E-state index in [9.17, 15) is 14.7 Å². The third kappa shape index (κ3) is 6.94. The van der Waals surface area contributed by atoms with Crippen LogP contribution in [0.3, 0.4) is 0 Å². The molecule has 5 heterocycles. The van der Waals surface area contributed by atoms with Crippen molar-refractivity contribution in [1.82, 2.24) is 40.1 Å². The molecule has 1 aliphatic heterocycles. The number of carbonyl (C=O) groups excluding carboxylic acids is 1. The molecule has 48 heavy (non-hydrogen) atoms. The zero-order chi connectivity index (χ0) is 33.9. The third-order valence-electron chi connectivity index (χ3n) is 8.31. The Bertz CT molecular complexity index is 2040. The number of fused-ring (bicyclic) bond motifs is 1. The first-order chi connectivity index (χ1) is 23.1. The fraction of sp³-hybridized carbons (Fsp3) is 0.324. The molecule has 1 saturated heterocycles. The van der Waals surface area contributed by atoms with E-state index in [2.05, 4.69) is 26.0 Å². The molecule has 250 valence electrons. The van der Waals surface area contributed by atoms with E-state index in [0.29, 0.717) is 93.5 Å². The molecular weight excluding hydrogens is 655 g/mol. The second kappa shape index (κ2) is 14.4. The molecule has 12 nitrogen and oxygen atoms in total. The summed E-state index contributed by atoms with van der Waals surface area (Å²) < 4.78 is 8.63. The molecule has 0 radical (unpaired) electrons. The van der Waals surface area contributed by atoms with Gasteiger partial charge in [0.15, 0.2) is 0 Å². The van der Waals surface area contributed by atoms with Crippen LogP contribution < -0.4 is 26.2 Å². The maximum Gasteiger partial charge on any atom is 0.277 e. The highest BCUT2D eigenvalue weighted by Gasteiger charge is 2.21. The number of methoxy groups -OCH3 is 1. The van der Waals surface area contributed by atoms with Crippen molar-refractivity contribution in [3.63, 3.8) is 0 Å². The minimum absolute atomic E-state index is 0.0876. The fourth-order valence-corrected chi connectivity index (χ4v) is 6.43. The number of halogens is 2. The number of aliphatic hydroxyl groups excluding tert-OH is 1. The number of nitrogens with one attached hydrogen (secondary N) is 3. The van der Waals surface area contributed by atoms with Crippen LogP contribution in [-0.4, -0.2) is 67.5 Å². The summed E-state index contributed by atoms with van der Waals surface area (Å²) >= 11 is 14.1. The molecule has 4 N–H and O–H groups in total. The molecule has 1 fully saturated rings. The highest BCUT2D eigenvalue weighted by molar-refractivity contribution is 6.39. The average molecular weight is 692 g/mol. The topological polar surface area (TPSA) is 148 Å². The van der Waals surface area contributed by atoms with Gasteiger partial charge in [-0.15, -0.1) is 0 Å². The lowest BCUT2D eigenvalue weighted by Gasteiger charge is -2.15. The van der Waals surface area contributed by atoms with Crippen molar-refractivity contribution in [3.05, 3.63) is 86.6 Å². The molecule has 5 aromatic rings. The molecule has 4 aromatic heterocycles. The number of rotatable bonds is 12. The van der Waals surface area contributed by atoms with Crippen LogP contribution in [0.1, 0.15) is 31.2 Å². The molecular formula is C34H36Cl2N8O4. The van der Waals surface area contributed by atoms with Gasteiger partial charge in [0.1, 0.15) is 11.3 Å². The van der Waals surface area contributed by atoms with E-state index in [-0.39, 0.29) is 17.5 Å². The predicted molar refractivity (Wildman–Crippen MR) is 185 cm³/mol. The number of aromatic nitrogens is 5. The number of carbonyl (C=O) groups is 1. The molecule has 1 aliphatic rings. The number of aliphatic hydroxyl groups is 1. The molecule has 0 bridgehead atoms. The number of hydrogen-bond donors (Lipinski definition) is 4. The zero-order valence-electron chi connectivity index (χ0n) is 26.8.